The summed E-state index contributed by atoms with van der Waals surface area (Å²) in [5.74, 6) is 0.541. The van der Waals surface area contributed by atoms with Crippen LogP contribution in [0.15, 0.2) is 134 Å². The molecule has 0 fully saturated rings. The highest BCUT2D eigenvalue weighted by molar-refractivity contribution is 5.85. The lowest BCUT2D eigenvalue weighted by molar-refractivity contribution is -0.135. The quantitative estimate of drug-likeness (QED) is 0.0213. The Morgan fingerprint density at radius 1 is 0.302 bits per heavy atom. The van der Waals surface area contributed by atoms with Gasteiger partial charge in [0.2, 0.25) is 0 Å². The molecule has 16 heteroatoms. The van der Waals surface area contributed by atoms with E-state index in [9.17, 15) is 38.4 Å². The number of fused-ring (bicyclic) bond motifs is 4. The fourth-order valence-corrected chi connectivity index (χ4v) is 9.41. The van der Waals surface area contributed by atoms with E-state index in [0.29, 0.717) is 71.0 Å². The van der Waals surface area contributed by atoms with Gasteiger partial charge in [0.25, 0.3) is 0 Å². The molecule has 0 aliphatic rings. The van der Waals surface area contributed by atoms with Gasteiger partial charge in [-0.25, -0.2) is 19.2 Å². The molecule has 8 aromatic rings. The third kappa shape index (κ3) is 23.6. The largest absolute Gasteiger partial charge is 0.426 e. The van der Waals surface area contributed by atoms with Gasteiger partial charge in [0.05, 0.1) is 0 Å². The summed E-state index contributed by atoms with van der Waals surface area (Å²) in [6, 6.07) is 26.1. The summed E-state index contributed by atoms with van der Waals surface area (Å²) >= 11 is 0. The molecule has 4 aromatic heterocycles. The van der Waals surface area contributed by atoms with E-state index in [1.807, 2.05) is 40.7 Å². The average Bonchev–Trinajstić information content (AvgIpc) is 1.49. The van der Waals surface area contributed by atoms with Crippen molar-refractivity contribution in [2.24, 2.45) is 0 Å². The van der Waals surface area contributed by atoms with Crippen LogP contribution in [0.4, 0.5) is 0 Å². The Morgan fingerprint density at radius 3 is 0.814 bits per heavy atom. The summed E-state index contributed by atoms with van der Waals surface area (Å²) < 4.78 is 41.3. The molecule has 16 nitrogen and oxygen atoms in total. The molecule has 0 N–H and O–H groups in total. The van der Waals surface area contributed by atoms with Crippen LogP contribution < -0.4 is 41.4 Å². The number of carbonyl (C=O) groups excluding carboxylic acids is 4. The lowest BCUT2D eigenvalue weighted by Gasteiger charge is -2.06. The van der Waals surface area contributed by atoms with Crippen LogP contribution in [-0.2, 0) is 19.2 Å². The molecule has 0 spiro atoms. The van der Waals surface area contributed by atoms with Crippen LogP contribution in [0.2, 0.25) is 0 Å². The molecule has 0 bridgehead atoms. The van der Waals surface area contributed by atoms with E-state index in [1.165, 1.54) is 94.9 Å². The molecule has 8 rings (SSSR count). The minimum absolute atomic E-state index is 0.229. The normalized spacial score (nSPS) is 10.8. The minimum atomic E-state index is -0.408. The molecule has 0 saturated carbocycles. The molecular weight excluding hydrogens is 1100 g/mol. The highest BCUT2D eigenvalue weighted by Crippen LogP contribution is 2.27. The molecule has 0 aliphatic heterocycles. The molecule has 86 heavy (non-hydrogen) atoms. The van der Waals surface area contributed by atoms with Gasteiger partial charge in [-0.05, 0) is 118 Å². The van der Waals surface area contributed by atoms with Crippen molar-refractivity contribution in [1.82, 2.24) is 0 Å². The predicted molar refractivity (Wildman–Crippen MR) is 336 cm³/mol. The van der Waals surface area contributed by atoms with Crippen molar-refractivity contribution in [3.8, 4) is 23.0 Å². The molecule has 0 radical (unpaired) electrons. The van der Waals surface area contributed by atoms with E-state index in [1.54, 1.807) is 73.7 Å². The van der Waals surface area contributed by atoms with Gasteiger partial charge in [0.1, 0.15) is 45.3 Å². The zero-order chi connectivity index (χ0) is 62.4. The SMILES string of the molecule is CCC(=O)Oc1ccc2c(C)cc(=O)oc2c1.CCCC(=O)Oc1ccc2c(C)cc(=O)oc2c1.CCCCCCC(=O)Oc1ccc2c(C)cc(=O)oc2c1.CCCCCCCCCCCCCCCC(=O)Oc1ccc2c(C)cc(=O)oc2c1. The van der Waals surface area contributed by atoms with Gasteiger partial charge in [0, 0.05) is 95.8 Å². The van der Waals surface area contributed by atoms with Gasteiger partial charge in [-0.1, -0.05) is 124 Å². The second-order valence-corrected chi connectivity index (χ2v) is 21.4. The third-order valence-corrected chi connectivity index (χ3v) is 14.1. The maximum atomic E-state index is 12.1. The van der Waals surface area contributed by atoms with Gasteiger partial charge in [-0.3, -0.25) is 19.2 Å². The Hall–Kier alpha value is -8.40. The number of hydrogen-bond donors (Lipinski definition) is 0. The maximum absolute atomic E-state index is 12.1. The van der Waals surface area contributed by atoms with Crippen LogP contribution in [-0.4, -0.2) is 23.9 Å². The fraction of sp³-hybridized carbons (Fsp3) is 0.429. The summed E-state index contributed by atoms with van der Waals surface area (Å²) in [6.45, 7) is 15.4. The van der Waals surface area contributed by atoms with Crippen molar-refractivity contribution in [1.29, 1.82) is 0 Å². The van der Waals surface area contributed by atoms with Gasteiger partial charge in [-0.15, -0.1) is 0 Å². The van der Waals surface area contributed by atoms with Crippen LogP contribution in [0, 0.1) is 27.7 Å². The summed E-state index contributed by atoms with van der Waals surface area (Å²) in [5, 5.41) is 3.37. The van der Waals surface area contributed by atoms with Crippen LogP contribution in [0.5, 0.6) is 23.0 Å². The third-order valence-electron chi connectivity index (χ3n) is 14.1. The first-order chi connectivity index (χ1) is 41.4. The molecule has 0 atom stereocenters. The van der Waals surface area contributed by atoms with E-state index in [0.717, 1.165) is 88.7 Å². The molecule has 4 aromatic carbocycles. The Bertz CT molecular complexity index is 3750. The number of rotatable bonds is 26. The van der Waals surface area contributed by atoms with Crippen molar-refractivity contribution >= 4 is 67.8 Å². The van der Waals surface area contributed by atoms with Crippen molar-refractivity contribution in [3.63, 3.8) is 0 Å². The molecular formula is C70H84O16. The number of benzene rings is 4. The minimum Gasteiger partial charge on any atom is -0.426 e. The maximum Gasteiger partial charge on any atom is 0.336 e. The van der Waals surface area contributed by atoms with E-state index in [-0.39, 0.29) is 23.9 Å². The predicted octanol–water partition coefficient (Wildman–Crippen LogP) is 16.7. The Balaban J connectivity index is 0.000000215. The fourth-order valence-electron chi connectivity index (χ4n) is 9.41. The van der Waals surface area contributed by atoms with Gasteiger partial charge >= 0.3 is 46.4 Å². The van der Waals surface area contributed by atoms with Crippen molar-refractivity contribution in [2.45, 2.75) is 197 Å². The molecule has 0 amide bonds. The van der Waals surface area contributed by atoms with E-state index < -0.39 is 22.5 Å². The molecule has 0 unspecified atom stereocenters. The first-order valence-corrected chi connectivity index (χ1v) is 30.4. The van der Waals surface area contributed by atoms with Crippen LogP contribution in [0.3, 0.4) is 0 Å². The number of ether oxygens (including phenoxy) is 4. The lowest BCUT2D eigenvalue weighted by atomic mass is 10.0. The van der Waals surface area contributed by atoms with Gasteiger partial charge in [0.15, 0.2) is 0 Å². The lowest BCUT2D eigenvalue weighted by Crippen LogP contribution is -2.07. The zero-order valence-electron chi connectivity index (χ0n) is 51.3. The Kier molecular flexibility index (Phi) is 29.0. The highest BCUT2D eigenvalue weighted by Gasteiger charge is 2.12. The van der Waals surface area contributed by atoms with Crippen molar-refractivity contribution in [2.75, 3.05) is 0 Å². The Morgan fingerprint density at radius 2 is 0.547 bits per heavy atom. The van der Waals surface area contributed by atoms with E-state index >= 15 is 0 Å². The number of aryl methyl sites for hydroxylation is 4. The highest BCUT2D eigenvalue weighted by atomic mass is 16.5. The number of hydrogen-bond acceptors (Lipinski definition) is 16. The summed E-state index contributed by atoms with van der Waals surface area (Å²) in [6.07, 6.45) is 23.1. The second kappa shape index (κ2) is 36.4. The monoisotopic (exact) mass is 1180 g/mol. The average molecular weight is 1180 g/mol. The van der Waals surface area contributed by atoms with Gasteiger partial charge < -0.3 is 36.6 Å². The number of carbonyl (C=O) groups is 4. The first-order valence-electron chi connectivity index (χ1n) is 30.4. The van der Waals surface area contributed by atoms with Crippen LogP contribution >= 0.6 is 0 Å². The van der Waals surface area contributed by atoms with Crippen molar-refractivity contribution in [3.05, 3.63) is 161 Å². The molecule has 0 saturated heterocycles. The van der Waals surface area contributed by atoms with E-state index in [2.05, 4.69) is 13.8 Å². The first kappa shape index (κ1) is 68.4. The van der Waals surface area contributed by atoms with Gasteiger partial charge in [-0.2, -0.15) is 0 Å². The molecule has 460 valence electrons. The molecule has 0 aliphatic carbocycles. The summed E-state index contributed by atoms with van der Waals surface area (Å²) in [5.41, 5.74) is 3.52. The topological polar surface area (TPSA) is 226 Å². The zero-order valence-corrected chi connectivity index (χ0v) is 51.3. The summed E-state index contributed by atoms with van der Waals surface area (Å²) in [4.78, 5) is 91.7. The van der Waals surface area contributed by atoms with Crippen LogP contribution in [0.25, 0.3) is 43.9 Å². The summed E-state index contributed by atoms with van der Waals surface area (Å²) in [7, 11) is 0. The number of unbranched alkanes of at least 4 members (excludes halogenated alkanes) is 15. The van der Waals surface area contributed by atoms with E-state index in [4.69, 9.17) is 36.6 Å². The van der Waals surface area contributed by atoms with Crippen LogP contribution in [0.1, 0.15) is 191 Å². The smallest absolute Gasteiger partial charge is 0.336 e. The standard InChI is InChI=1S/C26H38O4.C17H20O4.C14H14O4.C13H12O4/c1-3-4-5-6-7-8-9-10-11-12-13-14-15-16-25(27)29-22-17-18-23-21(2)19-26(28)30-24(23)20-22;1-3-4-5-6-7-16(18)20-13-8-9-14-12(2)10-17(19)21-15(14)11-13;1-3-4-13(15)17-10-5-6-11-9(2)7-14(16)18-12(11)8-10;1-3-12(14)16-9-4-5-10-8(2)6-13(15)17-11(10)7-9/h17-20H,3-16H2,1-2H3;8-11H,3-7H2,1-2H3;5-8H,3-4H2,1-2H3;4-7H,3H2,1-2H3. The molecule has 4 heterocycles. The Labute approximate surface area is 502 Å². The second-order valence-electron chi connectivity index (χ2n) is 21.4. The van der Waals surface area contributed by atoms with Crippen molar-refractivity contribution < 1.29 is 55.8 Å². The number of esters is 4.